The molecule has 0 radical (unpaired) electrons. The summed E-state index contributed by atoms with van der Waals surface area (Å²) >= 11 is 1.27. The molecule has 0 bridgehead atoms. The van der Waals surface area contributed by atoms with E-state index in [4.69, 9.17) is 19.2 Å². The summed E-state index contributed by atoms with van der Waals surface area (Å²) in [5.74, 6) is 1.67. The first-order chi connectivity index (χ1) is 18.0. The lowest BCUT2D eigenvalue weighted by atomic mass is 10.2. The molecule has 1 aliphatic rings. The van der Waals surface area contributed by atoms with E-state index in [0.717, 1.165) is 11.3 Å². The summed E-state index contributed by atoms with van der Waals surface area (Å²) in [5.41, 5.74) is 2.19. The molecule has 3 aromatic carbocycles. The van der Waals surface area contributed by atoms with Gasteiger partial charge in [-0.25, -0.2) is 4.99 Å². The van der Waals surface area contributed by atoms with Crippen molar-refractivity contribution in [1.29, 1.82) is 0 Å². The normalized spacial score (nSPS) is 16.4. The standard InChI is InChI=1S/C28H29N3O5S/c1-4-36-24-7-5-6-21(16-24)29-27(33)25-17-26(32)31(18-19-8-12-22(34-2)13-9-19)28(37-25)30-20-10-14-23(35-3)15-11-20/h5-16,25H,4,17-18H2,1-3H3,(H,29,33). The third-order valence-electron chi connectivity index (χ3n) is 5.64. The number of methoxy groups -OCH3 is 2. The van der Waals surface area contributed by atoms with Gasteiger partial charge >= 0.3 is 0 Å². The van der Waals surface area contributed by atoms with E-state index in [1.807, 2.05) is 55.5 Å². The molecule has 1 aliphatic heterocycles. The molecule has 1 saturated heterocycles. The number of carbonyl (C=O) groups excluding carboxylic acids is 2. The van der Waals surface area contributed by atoms with Crippen molar-refractivity contribution in [2.75, 3.05) is 26.1 Å². The number of rotatable bonds is 9. The Kier molecular flexibility index (Phi) is 8.68. The van der Waals surface area contributed by atoms with E-state index in [1.165, 1.54) is 11.8 Å². The van der Waals surface area contributed by atoms with Crippen LogP contribution >= 0.6 is 11.8 Å². The van der Waals surface area contributed by atoms with Crippen LogP contribution in [-0.2, 0) is 16.1 Å². The number of nitrogens with one attached hydrogen (secondary N) is 1. The van der Waals surface area contributed by atoms with E-state index in [2.05, 4.69) is 5.32 Å². The maximum absolute atomic E-state index is 13.3. The van der Waals surface area contributed by atoms with Crippen LogP contribution in [0, 0.1) is 0 Å². The van der Waals surface area contributed by atoms with E-state index >= 15 is 0 Å². The van der Waals surface area contributed by atoms with Crippen molar-refractivity contribution in [3.63, 3.8) is 0 Å². The van der Waals surface area contributed by atoms with Crippen molar-refractivity contribution in [2.45, 2.75) is 25.1 Å². The number of aliphatic imine (C=N–C) groups is 1. The van der Waals surface area contributed by atoms with Gasteiger partial charge in [0.1, 0.15) is 22.5 Å². The summed E-state index contributed by atoms with van der Waals surface area (Å²) in [4.78, 5) is 32.8. The predicted molar refractivity (Wildman–Crippen MR) is 146 cm³/mol. The van der Waals surface area contributed by atoms with Gasteiger partial charge in [0.15, 0.2) is 5.17 Å². The number of hydrogen-bond donors (Lipinski definition) is 1. The van der Waals surface area contributed by atoms with Gasteiger partial charge < -0.3 is 19.5 Å². The number of ether oxygens (including phenoxy) is 3. The largest absolute Gasteiger partial charge is 0.497 e. The lowest BCUT2D eigenvalue weighted by Gasteiger charge is -2.32. The molecule has 192 valence electrons. The summed E-state index contributed by atoms with van der Waals surface area (Å²) in [7, 11) is 3.21. The zero-order valence-corrected chi connectivity index (χ0v) is 21.8. The molecule has 4 rings (SSSR count). The minimum Gasteiger partial charge on any atom is -0.497 e. The summed E-state index contributed by atoms with van der Waals surface area (Å²) in [6.45, 7) is 2.76. The van der Waals surface area contributed by atoms with Crippen molar-refractivity contribution >= 4 is 40.1 Å². The Morgan fingerprint density at radius 2 is 1.68 bits per heavy atom. The van der Waals surface area contributed by atoms with Gasteiger partial charge in [0.05, 0.1) is 33.1 Å². The zero-order valence-electron chi connectivity index (χ0n) is 21.0. The Morgan fingerprint density at radius 3 is 2.32 bits per heavy atom. The van der Waals surface area contributed by atoms with Gasteiger partial charge in [-0.15, -0.1) is 0 Å². The summed E-state index contributed by atoms with van der Waals surface area (Å²) in [6, 6.07) is 21.9. The lowest BCUT2D eigenvalue weighted by molar-refractivity contribution is -0.129. The number of amides is 2. The lowest BCUT2D eigenvalue weighted by Crippen LogP contribution is -2.44. The fraction of sp³-hybridized carbons (Fsp3) is 0.250. The van der Waals surface area contributed by atoms with Crippen LogP contribution in [0.3, 0.4) is 0 Å². The van der Waals surface area contributed by atoms with Crippen LogP contribution < -0.4 is 19.5 Å². The van der Waals surface area contributed by atoms with E-state index < -0.39 is 5.25 Å². The zero-order chi connectivity index (χ0) is 26.2. The first kappa shape index (κ1) is 26.1. The van der Waals surface area contributed by atoms with Crippen LogP contribution in [-0.4, -0.2) is 48.0 Å². The first-order valence-corrected chi connectivity index (χ1v) is 12.7. The predicted octanol–water partition coefficient (Wildman–Crippen LogP) is 5.26. The van der Waals surface area contributed by atoms with Gasteiger partial charge in [-0.2, -0.15) is 0 Å². The average molecular weight is 520 g/mol. The van der Waals surface area contributed by atoms with Crippen LogP contribution in [0.5, 0.6) is 17.2 Å². The van der Waals surface area contributed by atoms with Gasteiger partial charge in [-0.1, -0.05) is 30.0 Å². The molecule has 37 heavy (non-hydrogen) atoms. The van der Waals surface area contributed by atoms with Crippen LogP contribution in [0.2, 0.25) is 0 Å². The maximum atomic E-state index is 13.3. The Labute approximate surface area is 220 Å². The summed E-state index contributed by atoms with van der Waals surface area (Å²) in [5, 5.41) is 2.74. The van der Waals surface area contributed by atoms with Gasteiger partial charge in [0.2, 0.25) is 11.8 Å². The van der Waals surface area contributed by atoms with Gasteiger partial charge in [0.25, 0.3) is 0 Å². The minimum absolute atomic E-state index is 0.0550. The van der Waals surface area contributed by atoms with Crippen LogP contribution in [0.4, 0.5) is 11.4 Å². The number of thioether (sulfide) groups is 1. The second kappa shape index (κ2) is 12.3. The Morgan fingerprint density at radius 1 is 1.00 bits per heavy atom. The molecule has 1 N–H and O–H groups in total. The molecule has 8 nitrogen and oxygen atoms in total. The molecular formula is C28H29N3O5S. The van der Waals surface area contributed by atoms with Crippen molar-refractivity contribution in [1.82, 2.24) is 4.90 Å². The van der Waals surface area contributed by atoms with Crippen molar-refractivity contribution in [3.05, 3.63) is 78.4 Å². The van der Waals surface area contributed by atoms with Crippen molar-refractivity contribution in [3.8, 4) is 17.2 Å². The van der Waals surface area contributed by atoms with Crippen LogP contribution in [0.15, 0.2) is 77.8 Å². The third kappa shape index (κ3) is 6.83. The molecule has 9 heteroatoms. The fourth-order valence-corrected chi connectivity index (χ4v) is 4.83. The molecule has 0 spiro atoms. The molecule has 1 fully saturated rings. The highest BCUT2D eigenvalue weighted by molar-refractivity contribution is 8.15. The van der Waals surface area contributed by atoms with Gasteiger partial charge in [0, 0.05) is 18.2 Å². The van der Waals surface area contributed by atoms with Crippen molar-refractivity contribution in [2.24, 2.45) is 4.99 Å². The Bertz CT molecular complexity index is 1260. The molecule has 3 aromatic rings. The molecule has 2 amide bonds. The highest BCUT2D eigenvalue weighted by atomic mass is 32.2. The highest BCUT2D eigenvalue weighted by Crippen LogP contribution is 2.32. The number of nitrogens with zero attached hydrogens (tertiary/aromatic N) is 2. The molecule has 1 unspecified atom stereocenters. The quantitative estimate of drug-likeness (QED) is 0.415. The summed E-state index contributed by atoms with van der Waals surface area (Å²) in [6.07, 6.45) is 0.0550. The molecule has 0 saturated carbocycles. The molecular weight excluding hydrogens is 490 g/mol. The van der Waals surface area contributed by atoms with Gasteiger partial charge in [-0.05, 0) is 61.0 Å². The number of carbonyl (C=O) groups is 2. The highest BCUT2D eigenvalue weighted by Gasteiger charge is 2.36. The number of anilines is 1. The van der Waals surface area contributed by atoms with E-state index in [1.54, 1.807) is 43.4 Å². The Balaban J connectivity index is 1.57. The number of hydrogen-bond acceptors (Lipinski definition) is 7. The van der Waals surface area contributed by atoms with E-state index in [9.17, 15) is 9.59 Å². The molecule has 0 aliphatic carbocycles. The summed E-state index contributed by atoms with van der Waals surface area (Å²) < 4.78 is 16.0. The van der Waals surface area contributed by atoms with Crippen LogP contribution in [0.25, 0.3) is 0 Å². The third-order valence-corrected chi connectivity index (χ3v) is 6.83. The number of amidine groups is 1. The molecule has 0 aromatic heterocycles. The van der Waals surface area contributed by atoms with E-state index in [0.29, 0.717) is 41.2 Å². The SMILES string of the molecule is CCOc1cccc(NC(=O)C2CC(=O)N(Cc3ccc(OC)cc3)C(=Nc3ccc(OC)cc3)S2)c1. The van der Waals surface area contributed by atoms with Crippen molar-refractivity contribution < 1.29 is 23.8 Å². The molecule has 1 heterocycles. The second-order valence-corrected chi connectivity index (χ2v) is 9.35. The second-order valence-electron chi connectivity index (χ2n) is 8.18. The minimum atomic E-state index is -0.632. The average Bonchev–Trinajstić information content (AvgIpc) is 2.91. The number of benzene rings is 3. The van der Waals surface area contributed by atoms with E-state index in [-0.39, 0.29) is 18.2 Å². The fourth-order valence-electron chi connectivity index (χ4n) is 3.73. The topological polar surface area (TPSA) is 89.5 Å². The monoisotopic (exact) mass is 519 g/mol. The molecule has 1 atom stereocenters. The van der Waals surface area contributed by atoms with Crippen LogP contribution in [0.1, 0.15) is 18.9 Å². The van der Waals surface area contributed by atoms with Gasteiger partial charge in [-0.3, -0.25) is 14.5 Å². The maximum Gasteiger partial charge on any atom is 0.238 e. The first-order valence-electron chi connectivity index (χ1n) is 11.9. The smallest absolute Gasteiger partial charge is 0.238 e. The Hall–Kier alpha value is -3.98.